The van der Waals surface area contributed by atoms with Crippen LogP contribution >= 0.6 is 23.1 Å². The molecule has 7 heteroatoms. The number of rotatable bonds is 5. The molecule has 2 atom stereocenters. The second-order valence-corrected chi connectivity index (χ2v) is 10.3. The number of fused-ring (bicyclic) bond motifs is 1. The molecule has 2 unspecified atom stereocenters. The number of hydrogen-bond acceptors (Lipinski definition) is 6. The molecule has 2 aliphatic rings. The van der Waals surface area contributed by atoms with E-state index in [2.05, 4.69) is 23.2 Å². The highest BCUT2D eigenvalue weighted by atomic mass is 32.2. The van der Waals surface area contributed by atoms with Crippen LogP contribution in [0.5, 0.6) is 0 Å². The molecule has 0 spiro atoms. The average molecular weight is 469 g/mol. The van der Waals surface area contributed by atoms with E-state index in [1.807, 2.05) is 51.3 Å². The van der Waals surface area contributed by atoms with Crippen LogP contribution in [0.25, 0.3) is 6.08 Å². The van der Waals surface area contributed by atoms with E-state index < -0.39 is 12.0 Å². The van der Waals surface area contributed by atoms with Crippen LogP contribution in [-0.2, 0) is 9.53 Å². The summed E-state index contributed by atoms with van der Waals surface area (Å²) in [6.07, 6.45) is 11.3. The molecule has 0 amide bonds. The van der Waals surface area contributed by atoms with Crippen molar-refractivity contribution in [2.75, 3.05) is 6.26 Å². The summed E-state index contributed by atoms with van der Waals surface area (Å²) >= 11 is 3.06. The first-order valence-electron chi connectivity index (χ1n) is 10.9. The Morgan fingerprint density at radius 3 is 2.66 bits per heavy atom. The maximum Gasteiger partial charge on any atom is 0.338 e. The topological polar surface area (TPSA) is 60.7 Å². The first kappa shape index (κ1) is 22.8. The lowest BCUT2D eigenvalue weighted by Crippen LogP contribution is -2.40. The number of ether oxygens (including phenoxy) is 1. The molecular weight excluding hydrogens is 440 g/mol. The van der Waals surface area contributed by atoms with E-state index in [0.29, 0.717) is 26.5 Å². The largest absolute Gasteiger partial charge is 0.459 e. The predicted molar refractivity (Wildman–Crippen MR) is 131 cm³/mol. The molecule has 0 N–H and O–H groups in total. The lowest BCUT2D eigenvalue weighted by Gasteiger charge is -2.25. The molecule has 1 aromatic carbocycles. The molecule has 4 rings (SSSR count). The van der Waals surface area contributed by atoms with Crippen molar-refractivity contribution in [2.45, 2.75) is 57.1 Å². The van der Waals surface area contributed by atoms with Crippen LogP contribution in [0.2, 0.25) is 0 Å². The summed E-state index contributed by atoms with van der Waals surface area (Å²) in [5.74, 6) is -0.0703. The summed E-state index contributed by atoms with van der Waals surface area (Å²) in [4.78, 5) is 33.1. The van der Waals surface area contributed by atoms with Crippen LogP contribution in [0.1, 0.15) is 51.6 Å². The maximum atomic E-state index is 13.6. The first-order valence-corrected chi connectivity index (χ1v) is 13.0. The standard InChI is InChI=1S/C25H28N2O3S2/c1-15(2)30-24(29)21-16(3)26-25-27(22(21)18-10-12-19(31-4)13-11-18)23(28)20(32-25)14-17-8-6-5-7-9-17/h5-6,10-15,17,22H,7-9H2,1-4H3. The highest BCUT2D eigenvalue weighted by Crippen LogP contribution is 2.32. The number of thioether (sulfide) groups is 1. The highest BCUT2D eigenvalue weighted by Gasteiger charge is 2.33. The van der Waals surface area contributed by atoms with Gasteiger partial charge in [0.2, 0.25) is 0 Å². The normalized spacial score (nSPS) is 21.0. The van der Waals surface area contributed by atoms with Crippen molar-refractivity contribution < 1.29 is 9.53 Å². The molecule has 0 fully saturated rings. The Morgan fingerprint density at radius 2 is 2.03 bits per heavy atom. The van der Waals surface area contributed by atoms with Gasteiger partial charge in [-0.3, -0.25) is 9.36 Å². The van der Waals surface area contributed by atoms with Gasteiger partial charge in [-0.25, -0.2) is 9.79 Å². The summed E-state index contributed by atoms with van der Waals surface area (Å²) in [6, 6.07) is 7.46. The van der Waals surface area contributed by atoms with Crippen molar-refractivity contribution in [2.24, 2.45) is 10.9 Å². The van der Waals surface area contributed by atoms with Gasteiger partial charge in [0.1, 0.15) is 0 Å². The zero-order chi connectivity index (χ0) is 22.8. The van der Waals surface area contributed by atoms with Gasteiger partial charge in [0, 0.05) is 4.90 Å². The third-order valence-corrected chi connectivity index (χ3v) is 7.46. The molecule has 168 valence electrons. The molecule has 0 radical (unpaired) electrons. The van der Waals surface area contributed by atoms with Gasteiger partial charge in [0.15, 0.2) is 4.80 Å². The fourth-order valence-electron chi connectivity index (χ4n) is 4.16. The van der Waals surface area contributed by atoms with Crippen molar-refractivity contribution in [3.8, 4) is 0 Å². The van der Waals surface area contributed by atoms with Gasteiger partial charge < -0.3 is 4.74 Å². The molecular formula is C25H28N2O3S2. The number of carbonyl (C=O) groups excluding carboxylic acids is 1. The average Bonchev–Trinajstić information content (AvgIpc) is 3.07. The number of allylic oxidation sites excluding steroid dienone is 3. The summed E-state index contributed by atoms with van der Waals surface area (Å²) in [5, 5.41) is 0. The minimum atomic E-state index is -0.554. The zero-order valence-electron chi connectivity index (χ0n) is 18.8. The Hall–Kier alpha value is -2.38. The lowest BCUT2D eigenvalue weighted by molar-refractivity contribution is -0.143. The van der Waals surface area contributed by atoms with E-state index in [0.717, 1.165) is 29.7 Å². The quantitative estimate of drug-likeness (QED) is 0.375. The van der Waals surface area contributed by atoms with Crippen molar-refractivity contribution in [3.05, 3.63) is 72.9 Å². The van der Waals surface area contributed by atoms with E-state index in [1.165, 1.54) is 11.3 Å². The number of esters is 1. The van der Waals surface area contributed by atoms with Gasteiger partial charge in [-0.1, -0.05) is 41.7 Å². The second-order valence-electron chi connectivity index (χ2n) is 8.38. The third-order valence-electron chi connectivity index (χ3n) is 5.71. The molecule has 5 nitrogen and oxygen atoms in total. The van der Waals surface area contributed by atoms with Crippen LogP contribution in [-0.4, -0.2) is 22.9 Å². The van der Waals surface area contributed by atoms with Gasteiger partial charge in [0.25, 0.3) is 5.56 Å². The smallest absolute Gasteiger partial charge is 0.338 e. The fraction of sp³-hybridized carbons (Fsp3) is 0.400. The molecule has 1 aromatic heterocycles. The summed E-state index contributed by atoms with van der Waals surface area (Å²) in [6.45, 7) is 5.47. The van der Waals surface area contributed by atoms with Gasteiger partial charge in [0.05, 0.1) is 27.9 Å². The number of aromatic nitrogens is 1. The number of hydrogen-bond donors (Lipinski definition) is 0. The molecule has 1 aliphatic heterocycles. The van der Waals surface area contributed by atoms with Crippen LogP contribution in [0.15, 0.2) is 62.4 Å². The van der Waals surface area contributed by atoms with Crippen LogP contribution in [0.4, 0.5) is 0 Å². The highest BCUT2D eigenvalue weighted by molar-refractivity contribution is 7.98. The van der Waals surface area contributed by atoms with E-state index >= 15 is 0 Å². The number of carbonyl (C=O) groups is 1. The van der Waals surface area contributed by atoms with E-state index in [1.54, 1.807) is 16.3 Å². The van der Waals surface area contributed by atoms with E-state index in [4.69, 9.17) is 4.74 Å². The van der Waals surface area contributed by atoms with E-state index in [9.17, 15) is 9.59 Å². The van der Waals surface area contributed by atoms with Crippen molar-refractivity contribution in [1.29, 1.82) is 0 Å². The Labute approximate surface area is 196 Å². The number of thiazole rings is 1. The fourth-order valence-corrected chi connectivity index (χ4v) is 5.68. The zero-order valence-corrected chi connectivity index (χ0v) is 20.5. The Bertz CT molecular complexity index is 1250. The van der Waals surface area contributed by atoms with Crippen molar-refractivity contribution >= 4 is 35.1 Å². The molecule has 0 bridgehead atoms. The SMILES string of the molecule is CSc1ccc(C2C(C(=O)OC(C)C)=C(C)N=c3sc(=CC4CC=CCC4)c(=O)n32)cc1. The monoisotopic (exact) mass is 468 g/mol. The Kier molecular flexibility index (Phi) is 6.86. The van der Waals surface area contributed by atoms with E-state index in [-0.39, 0.29) is 11.7 Å². The maximum absolute atomic E-state index is 13.6. The lowest BCUT2D eigenvalue weighted by atomic mass is 9.94. The number of benzene rings is 1. The minimum Gasteiger partial charge on any atom is -0.459 e. The van der Waals surface area contributed by atoms with Gasteiger partial charge >= 0.3 is 5.97 Å². The second kappa shape index (κ2) is 9.63. The van der Waals surface area contributed by atoms with Crippen LogP contribution in [0.3, 0.4) is 0 Å². The summed E-state index contributed by atoms with van der Waals surface area (Å²) in [5.41, 5.74) is 1.81. The third kappa shape index (κ3) is 4.55. The Morgan fingerprint density at radius 1 is 1.28 bits per heavy atom. The molecule has 2 aromatic rings. The van der Waals surface area contributed by atoms with Crippen molar-refractivity contribution in [1.82, 2.24) is 4.57 Å². The summed E-state index contributed by atoms with van der Waals surface area (Å²) < 4.78 is 7.92. The first-order chi connectivity index (χ1) is 15.4. The molecule has 32 heavy (non-hydrogen) atoms. The van der Waals surface area contributed by atoms with Crippen LogP contribution < -0.4 is 14.9 Å². The van der Waals surface area contributed by atoms with Crippen LogP contribution in [0, 0.1) is 5.92 Å². The number of nitrogens with zero attached hydrogens (tertiary/aromatic N) is 2. The molecule has 2 heterocycles. The Balaban J connectivity index is 1.88. The van der Waals surface area contributed by atoms with Gasteiger partial charge in [-0.2, -0.15) is 0 Å². The van der Waals surface area contributed by atoms with Gasteiger partial charge in [-0.15, -0.1) is 11.8 Å². The van der Waals surface area contributed by atoms with Crippen molar-refractivity contribution in [3.63, 3.8) is 0 Å². The molecule has 0 saturated heterocycles. The minimum absolute atomic E-state index is 0.0930. The summed E-state index contributed by atoms with van der Waals surface area (Å²) in [7, 11) is 0. The molecule has 1 aliphatic carbocycles. The van der Waals surface area contributed by atoms with Gasteiger partial charge in [-0.05, 0) is 69.9 Å². The predicted octanol–water partition coefficient (Wildman–Crippen LogP) is 4.22. The molecule has 0 saturated carbocycles.